The molecule has 2 saturated heterocycles. The molecule has 2 aromatic heterocycles. The summed E-state index contributed by atoms with van der Waals surface area (Å²) in [6.07, 6.45) is 6.62. The van der Waals surface area contributed by atoms with Crippen molar-refractivity contribution >= 4 is 63.3 Å². The Labute approximate surface area is 205 Å². The molecule has 168 valence electrons. The van der Waals surface area contributed by atoms with Crippen molar-refractivity contribution in [3.63, 3.8) is 0 Å². The van der Waals surface area contributed by atoms with Gasteiger partial charge in [-0.3, -0.25) is 18.9 Å². The average molecular weight is 497 g/mol. The molecule has 0 radical (unpaired) electrons. The van der Waals surface area contributed by atoms with E-state index >= 15 is 0 Å². The number of benzene rings is 1. The fraction of sp³-hybridized carbons (Fsp3) is 0.250. The van der Waals surface area contributed by atoms with E-state index in [4.69, 9.17) is 28.8 Å². The third kappa shape index (κ3) is 4.30. The number of anilines is 1. The van der Waals surface area contributed by atoms with Gasteiger partial charge in [0.25, 0.3) is 11.5 Å². The number of aromatic nitrogens is 2. The average Bonchev–Trinajstić information content (AvgIpc) is 3.10. The van der Waals surface area contributed by atoms with Crippen LogP contribution >= 0.6 is 35.6 Å². The van der Waals surface area contributed by atoms with Crippen molar-refractivity contribution in [1.29, 1.82) is 0 Å². The van der Waals surface area contributed by atoms with E-state index in [-0.39, 0.29) is 18.0 Å². The van der Waals surface area contributed by atoms with Gasteiger partial charge in [-0.15, -0.1) is 0 Å². The molecule has 0 N–H and O–H groups in total. The maximum absolute atomic E-state index is 13.5. The minimum absolute atomic E-state index is 0.197. The molecule has 0 aliphatic carbocycles. The maximum Gasteiger partial charge on any atom is 0.267 e. The fourth-order valence-corrected chi connectivity index (χ4v) is 5.56. The van der Waals surface area contributed by atoms with Crippen LogP contribution in [0.3, 0.4) is 0 Å². The van der Waals surface area contributed by atoms with E-state index in [9.17, 15) is 9.59 Å². The van der Waals surface area contributed by atoms with Gasteiger partial charge in [0, 0.05) is 24.3 Å². The van der Waals surface area contributed by atoms with E-state index in [0.29, 0.717) is 31.3 Å². The maximum atomic E-state index is 13.5. The molecule has 0 bridgehead atoms. The van der Waals surface area contributed by atoms with Crippen LogP contribution in [0, 0.1) is 0 Å². The van der Waals surface area contributed by atoms with Crippen molar-refractivity contribution < 1.29 is 4.79 Å². The minimum Gasteiger partial charge on any atom is -0.356 e. The number of thiocarbonyl (C=S) groups is 1. The highest BCUT2D eigenvalue weighted by molar-refractivity contribution is 8.26. The second-order valence-corrected chi connectivity index (χ2v) is 10.1. The van der Waals surface area contributed by atoms with Gasteiger partial charge in [-0.25, -0.2) is 4.98 Å². The van der Waals surface area contributed by atoms with Crippen molar-refractivity contribution in [3.8, 4) is 0 Å². The summed E-state index contributed by atoms with van der Waals surface area (Å²) in [6.45, 7) is 1.96. The molecule has 0 saturated carbocycles. The van der Waals surface area contributed by atoms with Crippen LogP contribution in [-0.4, -0.2) is 37.6 Å². The normalized spacial score (nSPS) is 18.0. The summed E-state index contributed by atoms with van der Waals surface area (Å²) in [5.74, 6) is 0.398. The van der Waals surface area contributed by atoms with Gasteiger partial charge in [0.1, 0.15) is 15.8 Å². The van der Waals surface area contributed by atoms with Gasteiger partial charge in [-0.05, 0) is 49.1 Å². The molecule has 0 unspecified atom stereocenters. The van der Waals surface area contributed by atoms with Crippen molar-refractivity contribution in [2.45, 2.75) is 25.8 Å². The number of fused-ring (bicyclic) bond motifs is 1. The molecule has 9 heteroatoms. The molecule has 3 aromatic rings. The lowest BCUT2D eigenvalue weighted by molar-refractivity contribution is -0.122. The van der Waals surface area contributed by atoms with Crippen molar-refractivity contribution in [1.82, 2.24) is 14.3 Å². The quantitative estimate of drug-likeness (QED) is 0.384. The number of pyridine rings is 1. The molecule has 0 atom stereocenters. The highest BCUT2D eigenvalue weighted by atomic mass is 35.5. The Hall–Kier alpha value is -2.68. The van der Waals surface area contributed by atoms with Crippen LogP contribution in [0.1, 0.15) is 30.4 Å². The SMILES string of the molecule is O=C1C(=Cc2c(N3CCCCC3)nc3ccccn3c2=O)SC(=S)N1Cc1ccccc1Cl. The molecule has 2 aliphatic heterocycles. The summed E-state index contributed by atoms with van der Waals surface area (Å²) in [6, 6.07) is 12.9. The van der Waals surface area contributed by atoms with E-state index in [1.807, 2.05) is 30.3 Å². The Morgan fingerprint density at radius 1 is 1.06 bits per heavy atom. The summed E-state index contributed by atoms with van der Waals surface area (Å²) < 4.78 is 1.96. The first kappa shape index (κ1) is 22.1. The lowest BCUT2D eigenvalue weighted by Gasteiger charge is -2.29. The molecule has 1 aromatic carbocycles. The van der Waals surface area contributed by atoms with E-state index < -0.39 is 0 Å². The molecular weight excluding hydrogens is 476 g/mol. The lowest BCUT2D eigenvalue weighted by atomic mass is 10.1. The molecule has 2 aliphatic rings. The highest BCUT2D eigenvalue weighted by Crippen LogP contribution is 2.35. The number of nitrogens with zero attached hydrogens (tertiary/aromatic N) is 4. The van der Waals surface area contributed by atoms with Gasteiger partial charge >= 0.3 is 0 Å². The van der Waals surface area contributed by atoms with Crippen LogP contribution in [0.2, 0.25) is 5.02 Å². The number of carbonyl (C=O) groups excluding carboxylic acids is 1. The summed E-state index contributed by atoms with van der Waals surface area (Å²) >= 11 is 13.0. The summed E-state index contributed by atoms with van der Waals surface area (Å²) in [7, 11) is 0. The molecule has 5 rings (SSSR count). The Balaban J connectivity index is 1.56. The highest BCUT2D eigenvalue weighted by Gasteiger charge is 2.33. The molecule has 6 nitrogen and oxygen atoms in total. The topological polar surface area (TPSA) is 57.9 Å². The third-order valence-electron chi connectivity index (χ3n) is 5.84. The molecule has 2 fully saturated rings. The summed E-state index contributed by atoms with van der Waals surface area (Å²) in [4.78, 5) is 35.6. The van der Waals surface area contributed by atoms with E-state index in [1.165, 1.54) is 27.5 Å². The molecule has 4 heterocycles. The smallest absolute Gasteiger partial charge is 0.267 e. The Kier molecular flexibility index (Phi) is 6.23. The number of halogens is 1. The lowest BCUT2D eigenvalue weighted by Crippen LogP contribution is -2.33. The van der Waals surface area contributed by atoms with Crippen LogP contribution < -0.4 is 10.5 Å². The predicted octanol–water partition coefficient (Wildman–Crippen LogP) is 4.74. The van der Waals surface area contributed by atoms with E-state index in [1.54, 1.807) is 24.4 Å². The van der Waals surface area contributed by atoms with Crippen LogP contribution in [0.4, 0.5) is 5.82 Å². The van der Waals surface area contributed by atoms with Crippen LogP contribution in [0.25, 0.3) is 11.7 Å². The number of carbonyl (C=O) groups is 1. The van der Waals surface area contributed by atoms with Gasteiger partial charge in [0.2, 0.25) is 0 Å². The van der Waals surface area contributed by atoms with Crippen molar-refractivity contribution in [2.24, 2.45) is 0 Å². The Morgan fingerprint density at radius 2 is 1.82 bits per heavy atom. The number of thioether (sulfide) groups is 1. The van der Waals surface area contributed by atoms with Gasteiger partial charge in [-0.1, -0.05) is 59.8 Å². The zero-order valence-electron chi connectivity index (χ0n) is 17.7. The Morgan fingerprint density at radius 3 is 2.61 bits per heavy atom. The van der Waals surface area contributed by atoms with E-state index in [0.717, 1.165) is 31.5 Å². The zero-order chi connectivity index (χ0) is 22.9. The number of rotatable bonds is 4. The second kappa shape index (κ2) is 9.29. The van der Waals surface area contributed by atoms with E-state index in [2.05, 4.69) is 4.90 Å². The fourth-order valence-electron chi connectivity index (χ4n) is 4.13. The number of hydrogen-bond donors (Lipinski definition) is 0. The summed E-state index contributed by atoms with van der Waals surface area (Å²) in [5, 5.41) is 0.583. The third-order valence-corrected chi connectivity index (χ3v) is 7.59. The van der Waals surface area contributed by atoms with Gasteiger partial charge in [-0.2, -0.15) is 0 Å². The monoisotopic (exact) mass is 496 g/mol. The van der Waals surface area contributed by atoms with Gasteiger partial charge < -0.3 is 4.90 Å². The first-order chi connectivity index (χ1) is 16.0. The predicted molar refractivity (Wildman–Crippen MR) is 138 cm³/mol. The largest absolute Gasteiger partial charge is 0.356 e. The molecule has 33 heavy (non-hydrogen) atoms. The second-order valence-electron chi connectivity index (χ2n) is 7.99. The van der Waals surface area contributed by atoms with Gasteiger partial charge in [0.05, 0.1) is 17.0 Å². The first-order valence-electron chi connectivity index (χ1n) is 10.8. The minimum atomic E-state index is -0.230. The summed E-state index contributed by atoms with van der Waals surface area (Å²) in [5.41, 5.74) is 1.63. The zero-order valence-corrected chi connectivity index (χ0v) is 20.1. The van der Waals surface area contributed by atoms with Crippen LogP contribution in [-0.2, 0) is 11.3 Å². The molecule has 0 spiro atoms. The van der Waals surface area contributed by atoms with Crippen molar-refractivity contribution in [2.75, 3.05) is 18.0 Å². The molecular formula is C24H21ClN4O2S2. The van der Waals surface area contributed by atoms with Crippen LogP contribution in [0.5, 0.6) is 0 Å². The molecule has 1 amide bonds. The number of hydrogen-bond acceptors (Lipinski definition) is 6. The first-order valence-corrected chi connectivity index (χ1v) is 12.4. The van der Waals surface area contributed by atoms with Gasteiger partial charge in [0.15, 0.2) is 0 Å². The Bertz CT molecular complexity index is 1350. The van der Waals surface area contributed by atoms with Crippen molar-refractivity contribution in [3.05, 3.63) is 80.1 Å². The number of piperidine rings is 1. The van der Waals surface area contributed by atoms with Crippen LogP contribution in [0.15, 0.2) is 58.4 Å². The number of amides is 1. The standard InChI is InChI=1S/C24H21ClN4O2S2/c25-18-9-3-2-8-16(18)15-29-23(31)19(33-24(29)32)14-17-21(27-11-5-1-6-12-27)26-20-10-4-7-13-28(20)22(17)30/h2-4,7-10,13-14H,1,5-6,11-12,15H2.